The summed E-state index contributed by atoms with van der Waals surface area (Å²) < 4.78 is 38.6. The zero-order chi connectivity index (χ0) is 18.0. The van der Waals surface area contributed by atoms with Crippen LogP contribution in [0.25, 0.3) is 0 Å². The van der Waals surface area contributed by atoms with Crippen molar-refractivity contribution in [2.75, 3.05) is 6.61 Å². The SMILES string of the molecule is CC(C)(C(=O)NC1CCC(CO)CC1)c1cccc(C(F)(F)F)c1. The van der Waals surface area contributed by atoms with Crippen LogP contribution in [0.4, 0.5) is 13.2 Å². The predicted molar refractivity (Wildman–Crippen MR) is 85.4 cm³/mol. The minimum absolute atomic E-state index is 0.0189. The Labute approximate surface area is 140 Å². The molecule has 1 fully saturated rings. The van der Waals surface area contributed by atoms with Gasteiger partial charge in [0, 0.05) is 12.6 Å². The third-order valence-corrected chi connectivity index (χ3v) is 4.92. The number of nitrogens with one attached hydrogen (secondary N) is 1. The van der Waals surface area contributed by atoms with Crippen LogP contribution in [0.2, 0.25) is 0 Å². The molecular formula is C18H24F3NO2. The topological polar surface area (TPSA) is 49.3 Å². The summed E-state index contributed by atoms with van der Waals surface area (Å²) in [5.74, 6) is 0.0175. The lowest BCUT2D eigenvalue weighted by Crippen LogP contribution is -2.46. The minimum atomic E-state index is -4.43. The van der Waals surface area contributed by atoms with Gasteiger partial charge in [0.05, 0.1) is 11.0 Å². The maximum absolute atomic E-state index is 12.9. The lowest BCUT2D eigenvalue weighted by molar-refractivity contribution is -0.138. The summed E-state index contributed by atoms with van der Waals surface area (Å²) in [6.07, 6.45) is -1.15. The molecule has 1 aliphatic carbocycles. The molecule has 0 spiro atoms. The summed E-state index contributed by atoms with van der Waals surface area (Å²) >= 11 is 0. The molecular weight excluding hydrogens is 319 g/mol. The van der Waals surface area contributed by atoms with Gasteiger partial charge in [0.25, 0.3) is 0 Å². The Bertz CT molecular complexity index is 576. The molecule has 1 saturated carbocycles. The largest absolute Gasteiger partial charge is 0.416 e. The summed E-state index contributed by atoms with van der Waals surface area (Å²) in [5, 5.41) is 12.1. The minimum Gasteiger partial charge on any atom is -0.396 e. The first kappa shape index (κ1) is 18.8. The van der Waals surface area contributed by atoms with E-state index in [1.807, 2.05) is 0 Å². The van der Waals surface area contributed by atoms with Gasteiger partial charge < -0.3 is 10.4 Å². The number of carbonyl (C=O) groups excluding carboxylic acids is 1. The maximum Gasteiger partial charge on any atom is 0.416 e. The zero-order valence-corrected chi connectivity index (χ0v) is 14.0. The smallest absolute Gasteiger partial charge is 0.396 e. The quantitative estimate of drug-likeness (QED) is 0.877. The maximum atomic E-state index is 12.9. The van der Waals surface area contributed by atoms with Crippen molar-refractivity contribution in [3.05, 3.63) is 35.4 Å². The molecule has 134 valence electrons. The van der Waals surface area contributed by atoms with Crippen LogP contribution < -0.4 is 5.32 Å². The molecule has 0 bridgehead atoms. The van der Waals surface area contributed by atoms with Gasteiger partial charge in [-0.15, -0.1) is 0 Å². The number of carbonyl (C=O) groups is 1. The van der Waals surface area contributed by atoms with Crippen molar-refractivity contribution >= 4 is 5.91 Å². The standard InChI is InChI=1S/C18H24F3NO2/c1-17(2,13-4-3-5-14(10-13)18(19,20)21)16(24)22-15-8-6-12(11-23)7-9-15/h3-5,10,12,15,23H,6-9,11H2,1-2H3,(H,22,24). The number of aliphatic hydroxyl groups is 1. The van der Waals surface area contributed by atoms with Gasteiger partial charge in [-0.1, -0.05) is 18.2 Å². The van der Waals surface area contributed by atoms with Gasteiger partial charge in [0.2, 0.25) is 5.91 Å². The monoisotopic (exact) mass is 343 g/mol. The molecule has 0 heterocycles. The van der Waals surface area contributed by atoms with E-state index in [1.165, 1.54) is 6.07 Å². The van der Waals surface area contributed by atoms with Crippen LogP contribution in [0.15, 0.2) is 24.3 Å². The molecule has 0 aliphatic heterocycles. The molecule has 0 atom stereocenters. The number of halogens is 3. The molecule has 0 saturated heterocycles. The first-order chi connectivity index (χ1) is 11.1. The van der Waals surface area contributed by atoms with Crippen LogP contribution in [0, 0.1) is 5.92 Å². The van der Waals surface area contributed by atoms with E-state index < -0.39 is 17.2 Å². The van der Waals surface area contributed by atoms with Crippen molar-refractivity contribution in [1.29, 1.82) is 0 Å². The van der Waals surface area contributed by atoms with E-state index in [2.05, 4.69) is 5.32 Å². The number of aliphatic hydroxyl groups excluding tert-OH is 1. The average Bonchev–Trinajstić information content (AvgIpc) is 2.55. The fraction of sp³-hybridized carbons (Fsp3) is 0.611. The molecule has 1 aromatic rings. The molecule has 3 nitrogen and oxygen atoms in total. The molecule has 1 aliphatic rings. The summed E-state index contributed by atoms with van der Waals surface area (Å²) in [6.45, 7) is 3.44. The molecule has 0 aromatic heterocycles. The molecule has 6 heteroatoms. The van der Waals surface area contributed by atoms with Gasteiger partial charge in [-0.3, -0.25) is 4.79 Å². The van der Waals surface area contributed by atoms with E-state index in [4.69, 9.17) is 5.11 Å². The Kier molecular flexibility index (Phi) is 5.58. The second-order valence-corrected chi connectivity index (χ2v) is 7.08. The first-order valence-electron chi connectivity index (χ1n) is 8.24. The Morgan fingerprint density at radius 1 is 1.17 bits per heavy atom. The normalized spacial score (nSPS) is 22.2. The van der Waals surface area contributed by atoms with Crippen LogP contribution in [-0.4, -0.2) is 23.7 Å². The molecule has 1 amide bonds. The van der Waals surface area contributed by atoms with Crippen LogP contribution in [-0.2, 0) is 16.4 Å². The number of alkyl halides is 3. The van der Waals surface area contributed by atoms with Crippen LogP contribution in [0.3, 0.4) is 0 Å². The van der Waals surface area contributed by atoms with Crippen molar-refractivity contribution in [3.8, 4) is 0 Å². The van der Waals surface area contributed by atoms with E-state index >= 15 is 0 Å². The highest BCUT2D eigenvalue weighted by Crippen LogP contribution is 2.33. The van der Waals surface area contributed by atoms with Gasteiger partial charge >= 0.3 is 6.18 Å². The third kappa shape index (κ3) is 4.29. The third-order valence-electron chi connectivity index (χ3n) is 4.92. The van der Waals surface area contributed by atoms with Crippen molar-refractivity contribution in [2.24, 2.45) is 5.92 Å². The van der Waals surface area contributed by atoms with Crippen molar-refractivity contribution in [1.82, 2.24) is 5.32 Å². The Morgan fingerprint density at radius 2 is 1.75 bits per heavy atom. The van der Waals surface area contributed by atoms with Crippen LogP contribution in [0.5, 0.6) is 0 Å². The Hall–Kier alpha value is -1.56. The summed E-state index contributed by atoms with van der Waals surface area (Å²) in [4.78, 5) is 12.6. The summed E-state index contributed by atoms with van der Waals surface area (Å²) in [7, 11) is 0. The molecule has 2 rings (SSSR count). The molecule has 24 heavy (non-hydrogen) atoms. The summed E-state index contributed by atoms with van der Waals surface area (Å²) in [5.41, 5.74) is -1.45. The molecule has 0 unspecified atom stereocenters. The number of amides is 1. The van der Waals surface area contributed by atoms with Crippen LogP contribution in [0.1, 0.15) is 50.7 Å². The fourth-order valence-electron chi connectivity index (χ4n) is 3.07. The summed E-state index contributed by atoms with van der Waals surface area (Å²) in [6, 6.07) is 4.96. The predicted octanol–water partition coefficient (Wildman–Crippen LogP) is 3.65. The Morgan fingerprint density at radius 3 is 2.29 bits per heavy atom. The van der Waals surface area contributed by atoms with E-state index in [9.17, 15) is 18.0 Å². The van der Waals surface area contributed by atoms with Crippen LogP contribution >= 0.6 is 0 Å². The second-order valence-electron chi connectivity index (χ2n) is 7.08. The van der Waals surface area contributed by atoms with Crippen molar-refractivity contribution in [2.45, 2.75) is 57.2 Å². The van der Waals surface area contributed by atoms with Crippen molar-refractivity contribution < 1.29 is 23.1 Å². The fourth-order valence-corrected chi connectivity index (χ4v) is 3.07. The number of hydrogen-bond acceptors (Lipinski definition) is 2. The number of hydrogen-bond donors (Lipinski definition) is 2. The number of rotatable bonds is 4. The molecule has 2 N–H and O–H groups in total. The number of benzene rings is 1. The van der Waals surface area contributed by atoms with Gasteiger partial charge in [-0.05, 0) is 57.1 Å². The van der Waals surface area contributed by atoms with E-state index in [1.54, 1.807) is 19.9 Å². The highest BCUT2D eigenvalue weighted by Gasteiger charge is 2.36. The van der Waals surface area contributed by atoms with E-state index in [0.717, 1.165) is 37.8 Å². The lowest BCUT2D eigenvalue weighted by atomic mass is 9.81. The first-order valence-corrected chi connectivity index (χ1v) is 8.24. The molecule has 1 aromatic carbocycles. The lowest BCUT2D eigenvalue weighted by Gasteiger charge is -2.32. The van der Waals surface area contributed by atoms with Gasteiger partial charge in [0.1, 0.15) is 0 Å². The highest BCUT2D eigenvalue weighted by atomic mass is 19.4. The van der Waals surface area contributed by atoms with Gasteiger partial charge in [0.15, 0.2) is 0 Å². The van der Waals surface area contributed by atoms with Gasteiger partial charge in [-0.2, -0.15) is 13.2 Å². The van der Waals surface area contributed by atoms with E-state index in [-0.39, 0.29) is 24.5 Å². The second kappa shape index (κ2) is 7.13. The van der Waals surface area contributed by atoms with Gasteiger partial charge in [-0.25, -0.2) is 0 Å². The highest BCUT2D eigenvalue weighted by molar-refractivity contribution is 5.87. The van der Waals surface area contributed by atoms with Crippen molar-refractivity contribution in [3.63, 3.8) is 0 Å². The Balaban J connectivity index is 2.08. The van der Waals surface area contributed by atoms with E-state index in [0.29, 0.717) is 5.56 Å². The average molecular weight is 343 g/mol. The molecule has 0 radical (unpaired) electrons. The zero-order valence-electron chi connectivity index (χ0n) is 14.0.